The van der Waals surface area contributed by atoms with Crippen molar-refractivity contribution in [1.82, 2.24) is 4.57 Å². The van der Waals surface area contributed by atoms with Gasteiger partial charge in [0.1, 0.15) is 11.5 Å². The van der Waals surface area contributed by atoms with Gasteiger partial charge in [-0.15, -0.1) is 0 Å². The van der Waals surface area contributed by atoms with Crippen LogP contribution in [-0.2, 0) is 9.53 Å². The lowest BCUT2D eigenvalue weighted by Crippen LogP contribution is -2.39. The molecule has 0 aliphatic carbocycles. The predicted molar refractivity (Wildman–Crippen MR) is 156 cm³/mol. The molecule has 3 heterocycles. The summed E-state index contributed by atoms with van der Waals surface area (Å²) in [6.07, 6.45) is 1.61. The SMILES string of the molecule is CCOC(=O)C1=C(C)N=c2s/c(=C\c3ccc(-c4cccc(C(=O)O)c4)o3)c(=O)n2[C@@H]1c1ccc(OC)c(OCC)c1. The van der Waals surface area contributed by atoms with Crippen LogP contribution in [0.4, 0.5) is 0 Å². The van der Waals surface area contributed by atoms with Crippen molar-refractivity contribution >= 4 is 29.4 Å². The predicted octanol–water partition coefficient (Wildman–Crippen LogP) is 4.16. The number of aromatic carboxylic acids is 1. The van der Waals surface area contributed by atoms with Crippen LogP contribution in [0.3, 0.4) is 0 Å². The van der Waals surface area contributed by atoms with E-state index >= 15 is 0 Å². The zero-order valence-corrected chi connectivity index (χ0v) is 24.2. The number of allylic oxidation sites excluding steroid dienone is 1. The number of carbonyl (C=O) groups excluding carboxylic acids is 1. The van der Waals surface area contributed by atoms with Gasteiger partial charge in [-0.25, -0.2) is 14.6 Å². The first kappa shape index (κ1) is 28.6. The summed E-state index contributed by atoms with van der Waals surface area (Å²) in [5, 5.41) is 9.31. The lowest BCUT2D eigenvalue weighted by Gasteiger charge is -2.25. The Morgan fingerprint density at radius 1 is 1.10 bits per heavy atom. The lowest BCUT2D eigenvalue weighted by molar-refractivity contribution is -0.139. The number of benzene rings is 2. The van der Waals surface area contributed by atoms with Crippen molar-refractivity contribution in [2.45, 2.75) is 26.8 Å². The molecule has 11 heteroatoms. The summed E-state index contributed by atoms with van der Waals surface area (Å²) in [5.41, 5.74) is 1.69. The van der Waals surface area contributed by atoms with Crippen molar-refractivity contribution in [2.75, 3.05) is 20.3 Å². The second kappa shape index (κ2) is 11.9. The largest absolute Gasteiger partial charge is 0.493 e. The summed E-state index contributed by atoms with van der Waals surface area (Å²) in [6, 6.07) is 14.3. The molecule has 5 rings (SSSR count). The zero-order valence-electron chi connectivity index (χ0n) is 23.4. The molecular formula is C31H28N2O8S. The van der Waals surface area contributed by atoms with Crippen molar-refractivity contribution < 1.29 is 33.3 Å². The maximum absolute atomic E-state index is 13.9. The van der Waals surface area contributed by atoms with Crippen molar-refractivity contribution in [3.05, 3.63) is 102 Å². The number of esters is 1. The topological polar surface area (TPSA) is 130 Å². The van der Waals surface area contributed by atoms with Crippen LogP contribution < -0.4 is 24.4 Å². The van der Waals surface area contributed by atoms with E-state index in [2.05, 4.69) is 4.99 Å². The molecule has 216 valence electrons. The molecule has 2 aromatic carbocycles. The Balaban J connectivity index is 1.64. The fourth-order valence-electron chi connectivity index (χ4n) is 4.76. The van der Waals surface area contributed by atoms with Crippen molar-refractivity contribution in [3.63, 3.8) is 0 Å². The van der Waals surface area contributed by atoms with Gasteiger partial charge in [-0.05, 0) is 62.7 Å². The van der Waals surface area contributed by atoms with Gasteiger partial charge in [-0.1, -0.05) is 29.5 Å². The Hall–Kier alpha value is -4.90. The Labute approximate surface area is 244 Å². The normalized spacial score (nSPS) is 14.8. The number of rotatable bonds is 9. The van der Waals surface area contributed by atoms with Crippen molar-refractivity contribution in [3.8, 4) is 22.8 Å². The third-order valence-corrected chi connectivity index (χ3v) is 7.60. The molecule has 4 aromatic rings. The monoisotopic (exact) mass is 588 g/mol. The summed E-state index contributed by atoms with van der Waals surface area (Å²) in [4.78, 5) is 43.5. The number of carboxylic acid groups (broad SMARTS) is 1. The van der Waals surface area contributed by atoms with Crippen molar-refractivity contribution in [1.29, 1.82) is 0 Å². The fraction of sp³-hybridized carbons (Fsp3) is 0.226. The molecule has 0 fully saturated rings. The average Bonchev–Trinajstić information content (AvgIpc) is 3.56. The van der Waals surface area contributed by atoms with Crippen LogP contribution in [0.15, 0.2) is 80.1 Å². The van der Waals surface area contributed by atoms with Crippen molar-refractivity contribution in [2.24, 2.45) is 4.99 Å². The molecule has 0 saturated heterocycles. The first-order chi connectivity index (χ1) is 20.2. The molecule has 10 nitrogen and oxygen atoms in total. The third kappa shape index (κ3) is 5.38. The summed E-state index contributed by atoms with van der Waals surface area (Å²) < 4.78 is 24.3. The number of fused-ring (bicyclic) bond motifs is 1. The molecule has 0 unspecified atom stereocenters. The molecule has 1 aliphatic rings. The molecular weight excluding hydrogens is 560 g/mol. The van der Waals surface area contributed by atoms with Crippen LogP contribution in [0.5, 0.6) is 11.5 Å². The first-order valence-electron chi connectivity index (χ1n) is 13.2. The standard InChI is InChI=1S/C31H28N2O8S/c1-5-39-24-15-19(10-12-23(24)38-4)27-26(30(37)40-6-2)17(3)32-31-33(27)28(34)25(42-31)16-21-11-13-22(41-21)18-8-7-9-20(14-18)29(35)36/h7-16,27H,5-6H2,1-4H3,(H,35,36)/b25-16-/t27-/m1/s1. The van der Waals surface area contributed by atoms with Gasteiger partial charge in [0.25, 0.3) is 5.56 Å². The number of nitrogens with zero attached hydrogens (tertiary/aromatic N) is 2. The van der Waals surface area contributed by atoms with E-state index < -0.39 is 18.0 Å². The highest BCUT2D eigenvalue weighted by molar-refractivity contribution is 7.07. The fourth-order valence-corrected chi connectivity index (χ4v) is 5.79. The van der Waals surface area contributed by atoms with Crippen LogP contribution >= 0.6 is 11.3 Å². The number of ether oxygens (including phenoxy) is 3. The number of methoxy groups -OCH3 is 1. The average molecular weight is 589 g/mol. The lowest BCUT2D eigenvalue weighted by atomic mass is 9.95. The van der Waals surface area contributed by atoms with Gasteiger partial charge in [0.15, 0.2) is 16.3 Å². The zero-order chi connectivity index (χ0) is 30.0. The second-order valence-electron chi connectivity index (χ2n) is 9.23. The van der Waals surface area contributed by atoms with E-state index in [-0.39, 0.29) is 23.3 Å². The van der Waals surface area contributed by atoms with Crippen LogP contribution in [-0.4, -0.2) is 41.9 Å². The van der Waals surface area contributed by atoms with Crippen LogP contribution in [0.25, 0.3) is 17.4 Å². The van der Waals surface area contributed by atoms with E-state index in [9.17, 15) is 19.5 Å². The summed E-state index contributed by atoms with van der Waals surface area (Å²) in [6.45, 7) is 5.84. The summed E-state index contributed by atoms with van der Waals surface area (Å²) >= 11 is 1.17. The van der Waals surface area contributed by atoms with E-state index in [0.717, 1.165) is 0 Å². The Bertz CT molecular complexity index is 1900. The Kier molecular flexibility index (Phi) is 8.12. The highest BCUT2D eigenvalue weighted by Gasteiger charge is 2.34. The van der Waals surface area contributed by atoms with Gasteiger partial charge in [0.2, 0.25) is 0 Å². The van der Waals surface area contributed by atoms with Gasteiger partial charge < -0.3 is 23.7 Å². The summed E-state index contributed by atoms with van der Waals surface area (Å²) in [5.74, 6) is 0.253. The minimum absolute atomic E-state index is 0.137. The molecule has 2 aromatic heterocycles. The van der Waals surface area contributed by atoms with E-state index in [1.165, 1.54) is 35.1 Å². The Morgan fingerprint density at radius 2 is 1.90 bits per heavy atom. The minimum atomic E-state index is -1.04. The molecule has 0 amide bonds. The number of carboxylic acids is 1. The smallest absolute Gasteiger partial charge is 0.338 e. The molecule has 0 radical (unpaired) electrons. The number of aromatic nitrogens is 1. The van der Waals surface area contributed by atoms with Gasteiger partial charge in [-0.3, -0.25) is 9.36 Å². The van der Waals surface area contributed by atoms with Gasteiger partial charge in [0.05, 0.1) is 47.7 Å². The maximum Gasteiger partial charge on any atom is 0.338 e. The molecule has 42 heavy (non-hydrogen) atoms. The van der Waals surface area contributed by atoms with Crippen LogP contribution in [0, 0.1) is 0 Å². The highest BCUT2D eigenvalue weighted by atomic mass is 32.1. The molecule has 1 N–H and O–H groups in total. The van der Waals surface area contributed by atoms with E-state index in [1.807, 2.05) is 6.92 Å². The van der Waals surface area contributed by atoms with E-state index in [4.69, 9.17) is 18.6 Å². The number of hydrogen-bond donors (Lipinski definition) is 1. The molecule has 0 saturated carbocycles. The van der Waals surface area contributed by atoms with Gasteiger partial charge in [0, 0.05) is 11.6 Å². The van der Waals surface area contributed by atoms with Crippen LogP contribution in [0.1, 0.15) is 48.5 Å². The third-order valence-electron chi connectivity index (χ3n) is 6.61. The number of thiazole rings is 1. The second-order valence-corrected chi connectivity index (χ2v) is 10.2. The number of carbonyl (C=O) groups is 2. The van der Waals surface area contributed by atoms with Gasteiger partial charge in [-0.2, -0.15) is 0 Å². The Morgan fingerprint density at radius 3 is 2.62 bits per heavy atom. The number of hydrogen-bond acceptors (Lipinski definition) is 9. The van der Waals surface area contributed by atoms with Crippen LogP contribution in [0.2, 0.25) is 0 Å². The van der Waals surface area contributed by atoms with E-state index in [0.29, 0.717) is 55.8 Å². The highest BCUT2D eigenvalue weighted by Crippen LogP contribution is 2.36. The maximum atomic E-state index is 13.9. The summed E-state index contributed by atoms with van der Waals surface area (Å²) in [7, 11) is 1.54. The molecule has 1 atom stereocenters. The molecule has 0 spiro atoms. The minimum Gasteiger partial charge on any atom is -0.493 e. The molecule has 0 bridgehead atoms. The first-order valence-corrected chi connectivity index (χ1v) is 14.0. The quantitative estimate of drug-likeness (QED) is 0.289. The van der Waals surface area contributed by atoms with E-state index in [1.54, 1.807) is 62.4 Å². The number of furan rings is 1. The molecule has 1 aliphatic heterocycles. The van der Waals surface area contributed by atoms with Gasteiger partial charge >= 0.3 is 11.9 Å².